The van der Waals surface area contributed by atoms with Gasteiger partial charge in [-0.05, 0) is 24.3 Å². The number of carbonyl (C=O) groups is 16. The van der Waals surface area contributed by atoms with Gasteiger partial charge in [-0.3, -0.25) is 67.1 Å². The number of aliphatic hydroxyl groups is 1. The van der Waals surface area contributed by atoms with E-state index in [1.165, 1.54) is 60.7 Å². The summed E-state index contributed by atoms with van der Waals surface area (Å²) in [7, 11) is 0. The first-order chi connectivity index (χ1) is 53.8. The molecule has 0 unspecified atom stereocenters. The van der Waals surface area contributed by atoms with Gasteiger partial charge in [0.2, 0.25) is 0 Å². The van der Waals surface area contributed by atoms with Crippen LogP contribution < -0.4 is 0 Å². The molecule has 5 heterocycles. The van der Waals surface area contributed by atoms with Gasteiger partial charge in [0, 0.05) is 96.9 Å². The zero-order chi connectivity index (χ0) is 84.1. The highest BCUT2D eigenvalue weighted by Crippen LogP contribution is 2.41. The van der Waals surface area contributed by atoms with E-state index in [2.05, 4.69) is 0 Å². The molecule has 25 atom stereocenters. The van der Waals surface area contributed by atoms with Gasteiger partial charge in [0.25, 0.3) is 0 Å². The van der Waals surface area contributed by atoms with Crippen molar-refractivity contribution in [2.75, 3.05) is 33.0 Å². The summed E-state index contributed by atoms with van der Waals surface area (Å²) in [6, 6.07) is 13.7. The van der Waals surface area contributed by atoms with Crippen LogP contribution in [0.1, 0.15) is 118 Å². The Morgan fingerprint density at radius 2 is 0.474 bits per heavy atom. The summed E-state index contributed by atoms with van der Waals surface area (Å²) in [6.07, 6.45) is -53.2. The van der Waals surface area contributed by atoms with Crippen LogP contribution >= 0.6 is 0 Å². The lowest BCUT2D eigenvalue weighted by Crippen LogP contribution is -2.69. The Morgan fingerprint density at radius 3 is 0.772 bits per heavy atom. The molecule has 0 spiro atoms. The Kier molecular flexibility index (Phi) is 33.5. The van der Waals surface area contributed by atoms with Crippen molar-refractivity contribution >= 4 is 95.5 Å². The molecule has 0 aromatic heterocycles. The van der Waals surface area contributed by atoms with E-state index in [0.29, 0.717) is 0 Å². The number of rotatable bonds is 31. The summed E-state index contributed by atoms with van der Waals surface area (Å²) in [6.45, 7) is 8.15. The van der Waals surface area contributed by atoms with E-state index in [-0.39, 0.29) is 11.1 Å². The van der Waals surface area contributed by atoms with Crippen molar-refractivity contribution < 1.29 is 200 Å². The minimum Gasteiger partial charge on any atom is -0.463 e. The molecule has 5 fully saturated rings. The molecule has 2 aromatic rings. The van der Waals surface area contributed by atoms with Gasteiger partial charge in [-0.15, -0.1) is 0 Å². The van der Waals surface area contributed by atoms with Crippen molar-refractivity contribution in [3.05, 3.63) is 71.8 Å². The van der Waals surface area contributed by atoms with Crippen LogP contribution in [0.25, 0.3) is 0 Å². The third-order valence-electron chi connectivity index (χ3n) is 16.6. The van der Waals surface area contributed by atoms with Crippen LogP contribution in [0, 0.1) is 0 Å². The van der Waals surface area contributed by atoms with Crippen molar-refractivity contribution in [3.8, 4) is 0 Å². The normalized spacial score (nSPS) is 31.0. The van der Waals surface area contributed by atoms with Gasteiger partial charge in [0.05, 0.1) is 17.7 Å². The smallest absolute Gasteiger partial charge is 0.338 e. The molecule has 7 rings (SSSR count). The molecule has 42 nitrogen and oxygen atoms in total. The van der Waals surface area contributed by atoms with E-state index in [4.69, 9.17) is 118 Å². The lowest BCUT2D eigenvalue weighted by molar-refractivity contribution is -0.390. The zero-order valence-electron chi connectivity index (χ0n) is 63.9. The molecule has 5 aliphatic rings. The number of aliphatic hydroxyl groups excluding tert-OH is 1. The Balaban J connectivity index is 1.49. The summed E-state index contributed by atoms with van der Waals surface area (Å²) in [5, 5.41) is 12.7. The largest absolute Gasteiger partial charge is 0.463 e. The summed E-state index contributed by atoms with van der Waals surface area (Å²) in [4.78, 5) is 212. The third kappa shape index (κ3) is 26.0. The maximum absolute atomic E-state index is 15.0. The molecule has 628 valence electrons. The number of hydrogen-bond donors (Lipinski definition) is 1. The van der Waals surface area contributed by atoms with Crippen molar-refractivity contribution in [3.63, 3.8) is 0 Å². The van der Waals surface area contributed by atoms with E-state index in [0.717, 1.165) is 96.9 Å². The minimum atomic E-state index is -2.59. The highest BCUT2D eigenvalue weighted by molar-refractivity contribution is 5.90. The van der Waals surface area contributed by atoms with E-state index in [9.17, 15) is 77.0 Å². The molecule has 0 saturated carbocycles. The SMILES string of the molecule is CC(=O)OC[C@@H]1O[C@@H](O[C@@H]2[C@H](OC[C@H]3O[C@@H](O)[C@H](OC(=O)c4ccccc4)[C@H](O[C@H]4O[C@@H](COC(C)=O)[C@@H](OC(C)=O)[C@H](OC(C)=O)[C@H]4O[C@@H]4O[C@@H](COC(C)=O)[C@H](OC(C)=O)[C@H](OC(C)=O)[C@@H]4OC(C)=O)[C@@H]3OC(=O)c3ccccc3)O[C@@H](COC(C)=O)[C@H](OC(C)=O)[C@@H]2OC(C)=O)[C@@H](OC(C)=O)[C@@H](OC(C)=O)[C@H]1OC(C)=O. The molecular formula is C72H88O42. The van der Waals surface area contributed by atoms with Crippen LogP contribution in [-0.2, 0) is 186 Å². The molecule has 5 saturated heterocycles. The van der Waals surface area contributed by atoms with Gasteiger partial charge in [0.1, 0.15) is 63.1 Å². The van der Waals surface area contributed by atoms with Gasteiger partial charge in [-0.2, -0.15) is 0 Å². The van der Waals surface area contributed by atoms with Gasteiger partial charge in [0.15, 0.2) is 117 Å². The second-order valence-electron chi connectivity index (χ2n) is 25.8. The highest BCUT2D eigenvalue weighted by Gasteiger charge is 2.63. The predicted molar refractivity (Wildman–Crippen MR) is 359 cm³/mol. The monoisotopic (exact) mass is 1620 g/mol. The zero-order valence-corrected chi connectivity index (χ0v) is 63.9. The summed E-state index contributed by atoms with van der Waals surface area (Å²) in [5.74, 6) is -17.7. The maximum atomic E-state index is 15.0. The number of benzene rings is 2. The maximum Gasteiger partial charge on any atom is 0.338 e. The van der Waals surface area contributed by atoms with Gasteiger partial charge < -0.3 is 124 Å². The van der Waals surface area contributed by atoms with E-state index in [1.54, 1.807) is 0 Å². The fourth-order valence-electron chi connectivity index (χ4n) is 12.5. The summed E-state index contributed by atoms with van der Waals surface area (Å²) in [5.41, 5.74) is -0.469. The van der Waals surface area contributed by atoms with Crippen molar-refractivity contribution in [1.29, 1.82) is 0 Å². The summed E-state index contributed by atoms with van der Waals surface area (Å²) < 4.78 is 149. The standard InChI is InChI=1S/C72H88O42/c1-30(73)90-25-47-51(95-34(5)77)57(99-38(9)81)62(113-70-63(103-42(13)85)58(100-39(10)82)52(96-35(6)78)48(107-70)26-91-31(2)74)69(106-47)94-29-46-55(110-66(87)44-21-17-15-18-22-44)56(61(68(89)105-46)111-67(88)45-23-19-16-20-24-45)112-72-65(60(102-41(12)84)54(98-37(8)80)50(109-72)28-93-33(4)76)114-71-64(104-43(14)86)59(101-40(11)83)53(97-36(7)79)49(108-71)27-92-32(3)75/h15-24,46-65,68-72,89H,25-29H2,1-14H3/t46-,47+,48+,49+,50+,51+,52+,53+,54-,55-,56-,57+,58+,59+,60+,61-,62+,63+,64+,65-,68-,69-,70+,71+,72-/m1/s1. The number of ether oxygens (including phenoxy) is 25. The van der Waals surface area contributed by atoms with Crippen molar-refractivity contribution in [1.82, 2.24) is 0 Å². The summed E-state index contributed by atoms with van der Waals surface area (Å²) >= 11 is 0. The quantitative estimate of drug-likeness (QED) is 0.0754. The first kappa shape index (κ1) is 90.7. The molecule has 0 bridgehead atoms. The predicted octanol–water partition coefficient (Wildman–Crippen LogP) is -0.204. The molecule has 5 aliphatic heterocycles. The second-order valence-corrected chi connectivity index (χ2v) is 25.8. The van der Waals surface area contributed by atoms with E-state index >= 15 is 4.79 Å². The number of carbonyl (C=O) groups excluding carboxylic acids is 16. The average Bonchev–Trinajstić information content (AvgIpc) is 0.760. The molecule has 114 heavy (non-hydrogen) atoms. The highest BCUT2D eigenvalue weighted by atomic mass is 16.8. The van der Waals surface area contributed by atoms with Crippen LogP contribution in [0.2, 0.25) is 0 Å². The van der Waals surface area contributed by atoms with Crippen LogP contribution in [0.15, 0.2) is 60.7 Å². The Labute approximate surface area is 649 Å². The third-order valence-corrected chi connectivity index (χ3v) is 16.6. The van der Waals surface area contributed by atoms with Crippen LogP contribution in [0.4, 0.5) is 0 Å². The lowest BCUT2D eigenvalue weighted by atomic mass is 9.95. The van der Waals surface area contributed by atoms with Crippen molar-refractivity contribution in [2.45, 2.75) is 250 Å². The molecule has 0 aliphatic carbocycles. The van der Waals surface area contributed by atoms with Crippen molar-refractivity contribution in [2.24, 2.45) is 0 Å². The van der Waals surface area contributed by atoms with Crippen LogP contribution in [-0.4, -0.2) is 287 Å². The number of esters is 16. The fourth-order valence-corrected chi connectivity index (χ4v) is 12.5. The van der Waals surface area contributed by atoms with Crippen LogP contribution in [0.5, 0.6) is 0 Å². The van der Waals surface area contributed by atoms with Gasteiger partial charge >= 0.3 is 95.5 Å². The molecular weight excluding hydrogens is 1540 g/mol. The van der Waals surface area contributed by atoms with Gasteiger partial charge in [-0.1, -0.05) is 36.4 Å². The van der Waals surface area contributed by atoms with Crippen LogP contribution in [0.3, 0.4) is 0 Å². The molecule has 42 heteroatoms. The average molecular weight is 1630 g/mol. The Hall–Kier alpha value is -10.4. The molecule has 2 aromatic carbocycles. The fraction of sp³-hybridized carbons (Fsp3) is 0.611. The Morgan fingerprint density at radius 1 is 0.246 bits per heavy atom. The van der Waals surface area contributed by atoms with E-state index in [1.807, 2.05) is 0 Å². The minimum absolute atomic E-state index is 0.221. The first-order valence-corrected chi connectivity index (χ1v) is 35.1. The lowest BCUT2D eigenvalue weighted by Gasteiger charge is -2.50. The molecule has 0 radical (unpaired) electrons. The molecule has 1 N–H and O–H groups in total. The topological polar surface area (TPSA) is 524 Å². The Bertz CT molecular complexity index is 3750. The first-order valence-electron chi connectivity index (χ1n) is 35.1. The van der Waals surface area contributed by atoms with E-state index < -0.39 is 282 Å². The second kappa shape index (κ2) is 42.1. The molecule has 0 amide bonds. The van der Waals surface area contributed by atoms with Gasteiger partial charge in [-0.25, -0.2) is 9.59 Å². The number of hydrogen-bond acceptors (Lipinski definition) is 42.